The van der Waals surface area contributed by atoms with Gasteiger partial charge in [-0.1, -0.05) is 11.6 Å². The number of carbonyl (C=O) groups is 1. The summed E-state index contributed by atoms with van der Waals surface area (Å²) in [7, 11) is 1.59. The van der Waals surface area contributed by atoms with Crippen molar-refractivity contribution in [1.29, 1.82) is 0 Å². The molecular weight excluding hydrogens is 284 g/mol. The fourth-order valence-electron chi connectivity index (χ4n) is 1.59. The molecule has 0 aliphatic carbocycles. The van der Waals surface area contributed by atoms with Crippen LogP contribution in [0.1, 0.15) is 6.42 Å². The van der Waals surface area contributed by atoms with Crippen LogP contribution in [0.5, 0.6) is 0 Å². The molecule has 0 aliphatic rings. The first-order valence-corrected chi connectivity index (χ1v) is 6.44. The molecule has 0 saturated carbocycles. The third kappa shape index (κ3) is 3.78. The third-order valence-electron chi connectivity index (χ3n) is 2.51. The van der Waals surface area contributed by atoms with Crippen molar-refractivity contribution in [3.63, 3.8) is 0 Å². The number of carbonyl (C=O) groups excluding carboxylic acids is 1. The van der Waals surface area contributed by atoms with Gasteiger partial charge in [0.1, 0.15) is 17.3 Å². The van der Waals surface area contributed by atoms with Crippen LogP contribution in [-0.4, -0.2) is 52.3 Å². The fraction of sp³-hybridized carbons (Fsp3) is 0.455. The Balaban J connectivity index is 1.86. The van der Waals surface area contributed by atoms with E-state index in [2.05, 4.69) is 25.7 Å². The van der Waals surface area contributed by atoms with E-state index in [1.807, 2.05) is 0 Å². The van der Waals surface area contributed by atoms with Gasteiger partial charge in [-0.2, -0.15) is 19.6 Å². The monoisotopic (exact) mass is 298 g/mol. The van der Waals surface area contributed by atoms with E-state index in [-0.39, 0.29) is 5.91 Å². The molecule has 2 aromatic rings. The van der Waals surface area contributed by atoms with Crippen LogP contribution >= 0.6 is 11.6 Å². The molecule has 2 heterocycles. The van der Waals surface area contributed by atoms with Crippen LogP contribution in [-0.2, 0) is 9.53 Å². The largest absolute Gasteiger partial charge is 0.383 e. The van der Waals surface area contributed by atoms with E-state index < -0.39 is 0 Å². The zero-order valence-electron chi connectivity index (χ0n) is 11.0. The lowest BCUT2D eigenvalue weighted by atomic mass is 10.4. The lowest BCUT2D eigenvalue weighted by Gasteiger charge is -2.08. The topological polar surface area (TPSA) is 93.4 Å². The summed E-state index contributed by atoms with van der Waals surface area (Å²) in [6, 6.07) is 1.63. The van der Waals surface area contributed by atoms with Crippen molar-refractivity contribution in [3.8, 4) is 0 Å². The summed E-state index contributed by atoms with van der Waals surface area (Å²) < 4.78 is 6.37. The number of amides is 1. The molecule has 0 bridgehead atoms. The van der Waals surface area contributed by atoms with Crippen LogP contribution in [0, 0.1) is 0 Å². The highest BCUT2D eigenvalue weighted by Gasteiger charge is 2.07. The molecule has 0 saturated heterocycles. The van der Waals surface area contributed by atoms with Gasteiger partial charge < -0.3 is 15.4 Å². The van der Waals surface area contributed by atoms with Gasteiger partial charge in [0.2, 0.25) is 5.91 Å². The second kappa shape index (κ2) is 7.01. The Morgan fingerprint density at radius 1 is 1.50 bits per heavy atom. The molecule has 2 rings (SSSR count). The Morgan fingerprint density at radius 2 is 2.35 bits per heavy atom. The molecular formula is C11H15ClN6O2. The van der Waals surface area contributed by atoms with E-state index in [0.29, 0.717) is 42.9 Å². The van der Waals surface area contributed by atoms with E-state index in [1.165, 1.54) is 10.8 Å². The minimum absolute atomic E-state index is 0.0514. The Kier molecular flexibility index (Phi) is 5.08. The summed E-state index contributed by atoms with van der Waals surface area (Å²) in [4.78, 5) is 19.5. The molecule has 8 nitrogen and oxygen atoms in total. The van der Waals surface area contributed by atoms with Gasteiger partial charge in [0.25, 0.3) is 5.78 Å². The van der Waals surface area contributed by atoms with Gasteiger partial charge >= 0.3 is 0 Å². The number of fused-ring (bicyclic) bond motifs is 1. The zero-order chi connectivity index (χ0) is 14.4. The van der Waals surface area contributed by atoms with Crippen LogP contribution in [0.15, 0.2) is 12.4 Å². The molecule has 20 heavy (non-hydrogen) atoms. The maximum atomic E-state index is 11.5. The van der Waals surface area contributed by atoms with E-state index >= 15 is 0 Å². The summed E-state index contributed by atoms with van der Waals surface area (Å²) in [5, 5.41) is 10.2. The Morgan fingerprint density at radius 3 is 3.15 bits per heavy atom. The van der Waals surface area contributed by atoms with E-state index in [0.717, 1.165) is 0 Å². The van der Waals surface area contributed by atoms with Crippen LogP contribution in [0.4, 0.5) is 5.82 Å². The standard InChI is InChI=1S/C11H15ClN6O2/c1-20-5-4-14-10(19)2-3-13-9-6-8(12)17-11-15-7-16-18(9)11/h6-7,13H,2-5H2,1H3,(H,14,19). The highest BCUT2D eigenvalue weighted by atomic mass is 35.5. The lowest BCUT2D eigenvalue weighted by molar-refractivity contribution is -0.121. The first-order valence-electron chi connectivity index (χ1n) is 6.06. The summed E-state index contributed by atoms with van der Waals surface area (Å²) >= 11 is 5.88. The molecule has 0 atom stereocenters. The predicted molar refractivity (Wildman–Crippen MR) is 73.8 cm³/mol. The van der Waals surface area contributed by atoms with Crippen LogP contribution in [0.3, 0.4) is 0 Å². The van der Waals surface area contributed by atoms with E-state index in [9.17, 15) is 4.79 Å². The molecule has 1 amide bonds. The summed E-state index contributed by atoms with van der Waals surface area (Å²) in [5.74, 6) is 0.997. The number of hydrogen-bond acceptors (Lipinski definition) is 6. The maximum absolute atomic E-state index is 11.5. The molecule has 0 spiro atoms. The van der Waals surface area contributed by atoms with Gasteiger partial charge in [-0.25, -0.2) is 0 Å². The average Bonchev–Trinajstić information content (AvgIpc) is 2.87. The molecule has 0 unspecified atom stereocenters. The number of halogens is 1. The van der Waals surface area contributed by atoms with Gasteiger partial charge in [0.15, 0.2) is 0 Å². The molecule has 0 aromatic carbocycles. The van der Waals surface area contributed by atoms with Crippen molar-refractivity contribution in [3.05, 3.63) is 17.5 Å². The molecule has 9 heteroatoms. The van der Waals surface area contributed by atoms with Gasteiger partial charge in [-0.3, -0.25) is 4.79 Å². The average molecular weight is 299 g/mol. The zero-order valence-corrected chi connectivity index (χ0v) is 11.7. The molecule has 108 valence electrons. The summed E-state index contributed by atoms with van der Waals surface area (Å²) in [5.41, 5.74) is 0. The number of ether oxygens (including phenoxy) is 1. The van der Waals surface area contributed by atoms with Gasteiger partial charge in [-0.15, -0.1) is 0 Å². The Labute approximate surface area is 120 Å². The number of methoxy groups -OCH3 is 1. The van der Waals surface area contributed by atoms with Crippen molar-refractivity contribution in [2.45, 2.75) is 6.42 Å². The highest BCUT2D eigenvalue weighted by molar-refractivity contribution is 6.29. The first kappa shape index (κ1) is 14.5. The van der Waals surface area contributed by atoms with E-state index in [4.69, 9.17) is 16.3 Å². The van der Waals surface area contributed by atoms with Crippen molar-refractivity contribution in [2.24, 2.45) is 0 Å². The number of rotatable bonds is 7. The van der Waals surface area contributed by atoms with Crippen LogP contribution < -0.4 is 10.6 Å². The molecule has 2 aromatic heterocycles. The maximum Gasteiger partial charge on any atom is 0.255 e. The second-order valence-electron chi connectivity index (χ2n) is 3.96. The number of aromatic nitrogens is 4. The van der Waals surface area contributed by atoms with Crippen molar-refractivity contribution in [1.82, 2.24) is 24.9 Å². The second-order valence-corrected chi connectivity index (χ2v) is 4.34. The lowest BCUT2D eigenvalue weighted by Crippen LogP contribution is -2.28. The van der Waals surface area contributed by atoms with Crippen molar-refractivity contribution >= 4 is 29.1 Å². The smallest absolute Gasteiger partial charge is 0.255 e. The fourth-order valence-corrected chi connectivity index (χ4v) is 1.77. The quantitative estimate of drug-likeness (QED) is 0.566. The SMILES string of the molecule is COCCNC(=O)CCNc1cc(Cl)nc2ncnn12. The summed E-state index contributed by atoms with van der Waals surface area (Å²) in [6.45, 7) is 1.45. The first-order chi connectivity index (χ1) is 9.70. The van der Waals surface area contributed by atoms with Crippen LogP contribution in [0.2, 0.25) is 5.15 Å². The molecule has 0 fully saturated rings. The Hall–Kier alpha value is -1.93. The number of nitrogens with one attached hydrogen (secondary N) is 2. The normalized spacial score (nSPS) is 10.7. The van der Waals surface area contributed by atoms with Gasteiger partial charge in [0, 0.05) is 32.7 Å². The number of anilines is 1. The summed E-state index contributed by atoms with van der Waals surface area (Å²) in [6.07, 6.45) is 1.72. The molecule has 2 N–H and O–H groups in total. The molecule has 0 radical (unpaired) electrons. The molecule has 0 aliphatic heterocycles. The minimum atomic E-state index is -0.0514. The van der Waals surface area contributed by atoms with Gasteiger partial charge in [-0.05, 0) is 0 Å². The number of hydrogen-bond donors (Lipinski definition) is 2. The van der Waals surface area contributed by atoms with Crippen LogP contribution in [0.25, 0.3) is 5.78 Å². The number of nitrogens with zero attached hydrogens (tertiary/aromatic N) is 4. The van der Waals surface area contributed by atoms with Crippen molar-refractivity contribution < 1.29 is 9.53 Å². The minimum Gasteiger partial charge on any atom is -0.383 e. The Bertz CT molecular complexity index is 587. The van der Waals surface area contributed by atoms with Crippen molar-refractivity contribution in [2.75, 3.05) is 32.1 Å². The van der Waals surface area contributed by atoms with E-state index in [1.54, 1.807) is 13.2 Å². The third-order valence-corrected chi connectivity index (χ3v) is 2.70. The predicted octanol–water partition coefficient (Wildman–Crippen LogP) is 0.342. The highest BCUT2D eigenvalue weighted by Crippen LogP contribution is 2.14. The van der Waals surface area contributed by atoms with Gasteiger partial charge in [0.05, 0.1) is 6.61 Å².